The summed E-state index contributed by atoms with van der Waals surface area (Å²) in [7, 11) is 0. The Kier molecular flexibility index (Phi) is 3.41. The molecule has 0 radical (unpaired) electrons. The summed E-state index contributed by atoms with van der Waals surface area (Å²) in [6.45, 7) is 2.17. The summed E-state index contributed by atoms with van der Waals surface area (Å²) in [5.74, 6) is 0.841. The number of nitrogens with zero attached hydrogens (tertiary/aromatic N) is 1. The van der Waals surface area contributed by atoms with Crippen molar-refractivity contribution in [2.45, 2.75) is 13.3 Å². The normalized spacial score (nSPS) is 10.7. The molecule has 0 bridgehead atoms. The number of halogens is 1. The van der Waals surface area contributed by atoms with Crippen LogP contribution < -0.4 is 0 Å². The number of hydrogen-bond acceptors (Lipinski definition) is 2. The van der Waals surface area contributed by atoms with Gasteiger partial charge in [0.1, 0.15) is 10.4 Å². The third kappa shape index (κ3) is 2.18. The molecule has 1 aromatic heterocycles. The van der Waals surface area contributed by atoms with Crippen molar-refractivity contribution in [1.82, 2.24) is 9.97 Å². The molecule has 0 atom stereocenters. The Balaban J connectivity index is 2.42. The molecule has 0 aliphatic rings. The van der Waals surface area contributed by atoms with E-state index in [4.69, 9.17) is 5.11 Å². The first-order chi connectivity index (χ1) is 7.72. The van der Waals surface area contributed by atoms with Gasteiger partial charge in [0.05, 0.1) is 5.69 Å². The highest BCUT2D eigenvalue weighted by molar-refractivity contribution is 9.10. The highest BCUT2D eigenvalue weighted by atomic mass is 79.9. The first-order valence-corrected chi connectivity index (χ1v) is 5.93. The third-order valence-corrected chi connectivity index (χ3v) is 3.15. The van der Waals surface area contributed by atoms with Crippen LogP contribution in [0.1, 0.15) is 11.3 Å². The molecule has 2 N–H and O–H groups in total. The van der Waals surface area contributed by atoms with Crippen LogP contribution in [0.2, 0.25) is 0 Å². The lowest BCUT2D eigenvalue weighted by Gasteiger charge is -2.00. The molecule has 1 aromatic carbocycles. The number of nitrogens with one attached hydrogen (secondary N) is 1. The zero-order valence-corrected chi connectivity index (χ0v) is 10.6. The third-order valence-electron chi connectivity index (χ3n) is 2.49. The lowest BCUT2D eigenvalue weighted by molar-refractivity contribution is 0.298. The number of aromatic amines is 1. The van der Waals surface area contributed by atoms with Crippen LogP contribution in [0.5, 0.6) is 0 Å². The van der Waals surface area contributed by atoms with Gasteiger partial charge in [-0.15, -0.1) is 0 Å². The van der Waals surface area contributed by atoms with E-state index >= 15 is 0 Å². The average molecular weight is 281 g/mol. The largest absolute Gasteiger partial charge is 0.396 e. The molecule has 2 rings (SSSR count). The molecule has 4 heteroatoms. The molecular weight excluding hydrogens is 268 g/mol. The lowest BCUT2D eigenvalue weighted by Crippen LogP contribution is -1.91. The minimum atomic E-state index is 0.119. The van der Waals surface area contributed by atoms with Gasteiger partial charge in [-0.2, -0.15) is 0 Å². The molecule has 0 saturated carbocycles. The zero-order chi connectivity index (χ0) is 11.5. The maximum Gasteiger partial charge on any atom is 0.139 e. The van der Waals surface area contributed by atoms with Crippen molar-refractivity contribution >= 4 is 15.9 Å². The van der Waals surface area contributed by atoms with Gasteiger partial charge in [-0.05, 0) is 28.4 Å². The number of benzene rings is 1. The molecule has 0 fully saturated rings. The molecule has 0 unspecified atom stereocenters. The van der Waals surface area contributed by atoms with Crippen molar-refractivity contribution in [3.8, 4) is 11.4 Å². The van der Waals surface area contributed by atoms with Gasteiger partial charge in [0.25, 0.3) is 0 Å². The van der Waals surface area contributed by atoms with Crippen LogP contribution >= 0.6 is 15.9 Å². The van der Waals surface area contributed by atoms with Gasteiger partial charge in [0.2, 0.25) is 0 Å². The van der Waals surface area contributed by atoms with Gasteiger partial charge in [-0.25, -0.2) is 4.98 Å². The van der Waals surface area contributed by atoms with E-state index in [1.807, 2.05) is 18.2 Å². The summed E-state index contributed by atoms with van der Waals surface area (Å²) in [5.41, 5.74) is 3.20. The van der Waals surface area contributed by atoms with E-state index in [9.17, 15) is 0 Å². The number of aryl methyl sites for hydroxylation is 1. The van der Waals surface area contributed by atoms with E-state index < -0.39 is 0 Å². The fraction of sp³-hybridized carbons (Fsp3) is 0.250. The van der Waals surface area contributed by atoms with Crippen LogP contribution in [0.25, 0.3) is 11.4 Å². The number of aliphatic hydroxyl groups excluding tert-OH is 1. The van der Waals surface area contributed by atoms with E-state index in [1.54, 1.807) is 0 Å². The SMILES string of the molecule is Cc1ccccc1-c1nc(Br)c(CCO)[nH]1. The monoisotopic (exact) mass is 280 g/mol. The zero-order valence-electron chi connectivity index (χ0n) is 9.00. The minimum absolute atomic E-state index is 0.119. The van der Waals surface area contributed by atoms with Crippen LogP contribution in [0.15, 0.2) is 28.9 Å². The fourth-order valence-corrected chi connectivity index (χ4v) is 2.11. The van der Waals surface area contributed by atoms with Gasteiger partial charge in [-0.1, -0.05) is 24.3 Å². The predicted octanol–water partition coefficient (Wildman–Crippen LogP) is 2.68. The lowest BCUT2D eigenvalue weighted by atomic mass is 10.1. The van der Waals surface area contributed by atoms with E-state index in [0.29, 0.717) is 6.42 Å². The van der Waals surface area contributed by atoms with Crippen LogP contribution in [-0.2, 0) is 6.42 Å². The topological polar surface area (TPSA) is 48.9 Å². The average Bonchev–Trinajstić information content (AvgIpc) is 2.61. The van der Waals surface area contributed by atoms with Crippen molar-refractivity contribution in [3.63, 3.8) is 0 Å². The Morgan fingerprint density at radius 1 is 1.38 bits per heavy atom. The molecule has 0 amide bonds. The van der Waals surface area contributed by atoms with Crippen molar-refractivity contribution < 1.29 is 5.11 Å². The molecule has 16 heavy (non-hydrogen) atoms. The maximum atomic E-state index is 8.91. The summed E-state index contributed by atoms with van der Waals surface area (Å²) in [6.07, 6.45) is 0.583. The first kappa shape index (κ1) is 11.4. The number of aliphatic hydroxyl groups is 1. The molecule has 0 aliphatic carbocycles. The van der Waals surface area contributed by atoms with Crippen molar-refractivity contribution in [2.75, 3.05) is 6.61 Å². The van der Waals surface area contributed by atoms with Gasteiger partial charge in [-0.3, -0.25) is 0 Å². The summed E-state index contributed by atoms with van der Waals surface area (Å²) in [5, 5.41) is 8.91. The summed E-state index contributed by atoms with van der Waals surface area (Å²) < 4.78 is 0.778. The molecule has 3 nitrogen and oxygen atoms in total. The summed E-state index contributed by atoms with van der Waals surface area (Å²) in [6, 6.07) is 8.08. The van der Waals surface area contributed by atoms with Gasteiger partial charge in [0.15, 0.2) is 0 Å². The Bertz CT molecular complexity index is 494. The Hall–Kier alpha value is -1.13. The van der Waals surface area contributed by atoms with Crippen LogP contribution in [0.3, 0.4) is 0 Å². The van der Waals surface area contributed by atoms with E-state index in [2.05, 4.69) is 38.9 Å². The van der Waals surface area contributed by atoms with Crippen molar-refractivity contribution in [3.05, 3.63) is 40.1 Å². The first-order valence-electron chi connectivity index (χ1n) is 5.13. The highest BCUT2D eigenvalue weighted by Gasteiger charge is 2.10. The van der Waals surface area contributed by atoms with Crippen LogP contribution in [0.4, 0.5) is 0 Å². The number of aromatic nitrogens is 2. The Morgan fingerprint density at radius 3 is 2.81 bits per heavy atom. The highest BCUT2D eigenvalue weighted by Crippen LogP contribution is 2.24. The van der Waals surface area contributed by atoms with Gasteiger partial charge in [0, 0.05) is 18.6 Å². The second-order valence-electron chi connectivity index (χ2n) is 3.64. The molecule has 1 heterocycles. The number of hydrogen-bond donors (Lipinski definition) is 2. The van der Waals surface area contributed by atoms with E-state index in [-0.39, 0.29) is 6.61 Å². The Morgan fingerprint density at radius 2 is 2.12 bits per heavy atom. The van der Waals surface area contributed by atoms with E-state index in [1.165, 1.54) is 5.56 Å². The van der Waals surface area contributed by atoms with Gasteiger partial charge >= 0.3 is 0 Å². The molecule has 84 valence electrons. The van der Waals surface area contributed by atoms with Crippen LogP contribution in [0, 0.1) is 6.92 Å². The van der Waals surface area contributed by atoms with E-state index in [0.717, 1.165) is 21.7 Å². The molecule has 2 aromatic rings. The van der Waals surface area contributed by atoms with Crippen molar-refractivity contribution in [2.24, 2.45) is 0 Å². The number of imidazole rings is 1. The standard InChI is InChI=1S/C12H13BrN2O/c1-8-4-2-3-5-9(8)12-14-10(6-7-16)11(13)15-12/h2-5,16H,6-7H2,1H3,(H,14,15). The second kappa shape index (κ2) is 4.80. The summed E-state index contributed by atoms with van der Waals surface area (Å²) >= 11 is 3.39. The smallest absolute Gasteiger partial charge is 0.139 e. The Labute approximate surface area is 103 Å². The molecule has 0 aliphatic heterocycles. The van der Waals surface area contributed by atoms with Gasteiger partial charge < -0.3 is 10.1 Å². The molecule has 0 saturated heterocycles. The van der Waals surface area contributed by atoms with Crippen LogP contribution in [-0.4, -0.2) is 21.7 Å². The number of rotatable bonds is 3. The minimum Gasteiger partial charge on any atom is -0.396 e. The van der Waals surface area contributed by atoms with Crippen molar-refractivity contribution in [1.29, 1.82) is 0 Å². The molecular formula is C12H13BrN2O. The molecule has 0 spiro atoms. The fourth-order valence-electron chi connectivity index (χ4n) is 1.63. The second-order valence-corrected chi connectivity index (χ2v) is 4.39. The summed E-state index contributed by atoms with van der Waals surface area (Å²) in [4.78, 5) is 7.63. The quantitative estimate of drug-likeness (QED) is 0.908. The number of H-pyrrole nitrogens is 1. The predicted molar refractivity (Wildman–Crippen MR) is 67.3 cm³/mol. The maximum absolute atomic E-state index is 8.91.